The predicted molar refractivity (Wildman–Crippen MR) is 61.8 cm³/mol. The van der Waals surface area contributed by atoms with E-state index in [0.29, 0.717) is 0 Å². The standard InChI is InChI=1S/C11H13N3S/c1-4-12-5-2-10(1)3-6-13-9-11-14-7-8-15-11/h1-2,4-5,7-8,13H,3,6,9H2. The van der Waals surface area contributed by atoms with Gasteiger partial charge in [-0.2, -0.15) is 0 Å². The number of rotatable bonds is 5. The molecule has 0 amide bonds. The molecule has 4 heteroatoms. The smallest absolute Gasteiger partial charge is 0.106 e. The fraction of sp³-hybridized carbons (Fsp3) is 0.273. The highest BCUT2D eigenvalue weighted by Gasteiger charge is 1.95. The Kier molecular flexibility index (Phi) is 3.82. The van der Waals surface area contributed by atoms with Gasteiger partial charge in [0.25, 0.3) is 0 Å². The van der Waals surface area contributed by atoms with Crippen molar-refractivity contribution in [2.45, 2.75) is 13.0 Å². The zero-order valence-corrected chi connectivity index (χ0v) is 9.20. The van der Waals surface area contributed by atoms with E-state index in [2.05, 4.69) is 15.3 Å². The average molecular weight is 219 g/mol. The van der Waals surface area contributed by atoms with Gasteiger partial charge in [0.1, 0.15) is 5.01 Å². The van der Waals surface area contributed by atoms with E-state index in [0.717, 1.165) is 24.5 Å². The highest BCUT2D eigenvalue weighted by molar-refractivity contribution is 7.09. The molecule has 0 saturated carbocycles. The third kappa shape index (κ3) is 3.42. The molecule has 2 aromatic heterocycles. The molecule has 0 aromatic carbocycles. The molecule has 0 radical (unpaired) electrons. The topological polar surface area (TPSA) is 37.8 Å². The summed E-state index contributed by atoms with van der Waals surface area (Å²) in [6.07, 6.45) is 6.53. The Morgan fingerprint density at radius 3 is 2.80 bits per heavy atom. The Morgan fingerprint density at radius 1 is 1.20 bits per heavy atom. The van der Waals surface area contributed by atoms with Gasteiger partial charge < -0.3 is 5.32 Å². The molecule has 0 saturated heterocycles. The Balaban J connectivity index is 1.68. The first-order valence-electron chi connectivity index (χ1n) is 4.93. The van der Waals surface area contributed by atoms with Crippen molar-refractivity contribution in [1.29, 1.82) is 0 Å². The highest BCUT2D eigenvalue weighted by Crippen LogP contribution is 2.02. The second-order valence-corrected chi connectivity index (χ2v) is 4.19. The van der Waals surface area contributed by atoms with E-state index in [1.807, 2.05) is 36.1 Å². The summed E-state index contributed by atoms with van der Waals surface area (Å²) < 4.78 is 0. The van der Waals surface area contributed by atoms with Crippen LogP contribution in [-0.2, 0) is 13.0 Å². The molecule has 0 atom stereocenters. The van der Waals surface area contributed by atoms with E-state index < -0.39 is 0 Å². The summed E-state index contributed by atoms with van der Waals surface area (Å²) in [6, 6.07) is 4.09. The maximum atomic E-state index is 4.21. The molecule has 2 rings (SSSR count). The van der Waals surface area contributed by atoms with Crippen LogP contribution in [0.15, 0.2) is 36.1 Å². The molecule has 0 aliphatic rings. The van der Waals surface area contributed by atoms with Crippen molar-refractivity contribution in [3.8, 4) is 0 Å². The molecule has 0 fully saturated rings. The molecule has 0 bridgehead atoms. The summed E-state index contributed by atoms with van der Waals surface area (Å²) in [7, 11) is 0. The van der Waals surface area contributed by atoms with Gasteiger partial charge in [-0.1, -0.05) is 0 Å². The van der Waals surface area contributed by atoms with Crippen LogP contribution in [0.4, 0.5) is 0 Å². The van der Waals surface area contributed by atoms with E-state index in [-0.39, 0.29) is 0 Å². The van der Waals surface area contributed by atoms with Crippen LogP contribution in [0.5, 0.6) is 0 Å². The van der Waals surface area contributed by atoms with Crippen molar-refractivity contribution < 1.29 is 0 Å². The fourth-order valence-corrected chi connectivity index (χ4v) is 1.90. The number of pyridine rings is 1. The highest BCUT2D eigenvalue weighted by atomic mass is 32.1. The summed E-state index contributed by atoms with van der Waals surface area (Å²) in [5, 5.41) is 6.51. The molecule has 3 nitrogen and oxygen atoms in total. The van der Waals surface area contributed by atoms with Crippen LogP contribution in [0.3, 0.4) is 0 Å². The summed E-state index contributed by atoms with van der Waals surface area (Å²) in [4.78, 5) is 8.19. The lowest BCUT2D eigenvalue weighted by Gasteiger charge is -2.02. The van der Waals surface area contributed by atoms with Gasteiger partial charge in [-0.25, -0.2) is 4.98 Å². The predicted octanol–water partition coefficient (Wildman–Crippen LogP) is 1.87. The number of aromatic nitrogens is 2. The molecular weight excluding hydrogens is 206 g/mol. The first-order valence-corrected chi connectivity index (χ1v) is 5.81. The zero-order chi connectivity index (χ0) is 10.3. The van der Waals surface area contributed by atoms with Crippen LogP contribution < -0.4 is 5.32 Å². The lowest BCUT2D eigenvalue weighted by atomic mass is 10.2. The maximum absolute atomic E-state index is 4.21. The van der Waals surface area contributed by atoms with Crippen LogP contribution in [0.2, 0.25) is 0 Å². The normalized spacial score (nSPS) is 10.4. The van der Waals surface area contributed by atoms with Gasteiger partial charge in [0.2, 0.25) is 0 Å². The lowest BCUT2D eigenvalue weighted by Crippen LogP contribution is -2.16. The van der Waals surface area contributed by atoms with Gasteiger partial charge in [-0.15, -0.1) is 11.3 Å². The summed E-state index contributed by atoms with van der Waals surface area (Å²) >= 11 is 1.69. The Morgan fingerprint density at radius 2 is 2.07 bits per heavy atom. The van der Waals surface area contributed by atoms with Crippen molar-refractivity contribution in [3.05, 3.63) is 46.7 Å². The first kappa shape index (κ1) is 10.3. The van der Waals surface area contributed by atoms with Crippen molar-refractivity contribution in [1.82, 2.24) is 15.3 Å². The zero-order valence-electron chi connectivity index (χ0n) is 8.39. The Labute approximate surface area is 93.2 Å². The minimum Gasteiger partial charge on any atom is -0.310 e. The second kappa shape index (κ2) is 5.58. The Hall–Kier alpha value is -1.26. The number of nitrogens with zero attached hydrogens (tertiary/aromatic N) is 2. The van der Waals surface area contributed by atoms with E-state index in [9.17, 15) is 0 Å². The van der Waals surface area contributed by atoms with Crippen LogP contribution in [0.1, 0.15) is 10.6 Å². The SMILES string of the molecule is c1cc(CCNCc2nccs2)ccn1. The van der Waals surface area contributed by atoms with Gasteiger partial charge in [0.15, 0.2) is 0 Å². The number of hydrogen-bond acceptors (Lipinski definition) is 4. The van der Waals surface area contributed by atoms with E-state index in [1.54, 1.807) is 11.3 Å². The van der Waals surface area contributed by atoms with Crippen molar-refractivity contribution in [2.24, 2.45) is 0 Å². The number of thiazole rings is 1. The summed E-state index contributed by atoms with van der Waals surface area (Å²) in [6.45, 7) is 1.84. The van der Waals surface area contributed by atoms with E-state index in [4.69, 9.17) is 0 Å². The monoisotopic (exact) mass is 219 g/mol. The molecule has 0 aliphatic carbocycles. The Bertz CT molecular complexity index is 372. The minimum absolute atomic E-state index is 0.864. The van der Waals surface area contributed by atoms with Crippen molar-refractivity contribution >= 4 is 11.3 Å². The van der Waals surface area contributed by atoms with Gasteiger partial charge in [0.05, 0.1) is 0 Å². The van der Waals surface area contributed by atoms with Crippen LogP contribution >= 0.6 is 11.3 Å². The molecule has 15 heavy (non-hydrogen) atoms. The molecule has 2 aromatic rings. The van der Waals surface area contributed by atoms with E-state index in [1.165, 1.54) is 5.56 Å². The van der Waals surface area contributed by atoms with Crippen LogP contribution in [0.25, 0.3) is 0 Å². The second-order valence-electron chi connectivity index (χ2n) is 3.21. The number of hydrogen-bond donors (Lipinski definition) is 1. The van der Waals surface area contributed by atoms with Gasteiger partial charge in [-0.05, 0) is 30.7 Å². The first-order chi connectivity index (χ1) is 7.45. The summed E-state index contributed by atoms with van der Waals surface area (Å²) in [5.74, 6) is 0. The summed E-state index contributed by atoms with van der Waals surface area (Å²) in [5.41, 5.74) is 1.32. The largest absolute Gasteiger partial charge is 0.310 e. The molecule has 0 unspecified atom stereocenters. The third-order valence-electron chi connectivity index (χ3n) is 2.10. The molecule has 0 spiro atoms. The third-order valence-corrected chi connectivity index (χ3v) is 2.88. The van der Waals surface area contributed by atoms with Gasteiger partial charge in [0, 0.05) is 30.5 Å². The molecule has 0 aliphatic heterocycles. The maximum Gasteiger partial charge on any atom is 0.106 e. The molecular formula is C11H13N3S. The average Bonchev–Trinajstić information content (AvgIpc) is 2.79. The van der Waals surface area contributed by atoms with Crippen molar-refractivity contribution in [3.63, 3.8) is 0 Å². The molecule has 1 N–H and O–H groups in total. The van der Waals surface area contributed by atoms with Gasteiger partial charge >= 0.3 is 0 Å². The number of nitrogens with one attached hydrogen (secondary N) is 1. The quantitative estimate of drug-likeness (QED) is 0.780. The fourth-order valence-electron chi connectivity index (χ4n) is 1.32. The van der Waals surface area contributed by atoms with Crippen LogP contribution in [0, 0.1) is 0 Å². The van der Waals surface area contributed by atoms with Crippen LogP contribution in [-0.4, -0.2) is 16.5 Å². The molecule has 2 heterocycles. The molecule has 78 valence electrons. The van der Waals surface area contributed by atoms with Gasteiger partial charge in [-0.3, -0.25) is 4.98 Å². The van der Waals surface area contributed by atoms with E-state index >= 15 is 0 Å². The van der Waals surface area contributed by atoms with Crippen molar-refractivity contribution in [2.75, 3.05) is 6.54 Å². The lowest BCUT2D eigenvalue weighted by molar-refractivity contribution is 0.683. The minimum atomic E-state index is 0.864.